The third kappa shape index (κ3) is 35.5. The Hall–Kier alpha value is 1.06. The van der Waals surface area contributed by atoms with Crippen LogP contribution in [0.2, 0.25) is 0 Å². The van der Waals surface area contributed by atoms with Crippen LogP contribution >= 0.6 is 106 Å². The van der Waals surface area contributed by atoms with Gasteiger partial charge in [0.2, 0.25) is 6.40 Å². The van der Waals surface area contributed by atoms with Crippen molar-refractivity contribution in [3.8, 4) is 0 Å². The minimum absolute atomic E-state index is 0.0209. The SMILES string of the molecule is O=C(NCSCCSCN=CS(=O)CSCO)OCSCCSCOOC=NCSCCSCNC(=O)SCSCO. The maximum atomic E-state index is 11.7. The summed E-state index contributed by atoms with van der Waals surface area (Å²) in [6, 6.07) is 0. The van der Waals surface area contributed by atoms with Crippen LogP contribution in [0.4, 0.5) is 9.59 Å². The zero-order valence-electron chi connectivity index (χ0n) is 22.8. The maximum Gasteiger partial charge on any atom is 0.408 e. The van der Waals surface area contributed by atoms with Gasteiger partial charge in [-0.2, -0.15) is 4.89 Å². The van der Waals surface area contributed by atoms with E-state index in [1.54, 1.807) is 58.8 Å². The summed E-state index contributed by atoms with van der Waals surface area (Å²) in [7, 11) is -1.15. The number of ether oxygens (including phenoxy) is 1. The molecule has 0 aromatic carbocycles. The van der Waals surface area contributed by atoms with Crippen molar-refractivity contribution in [3.05, 3.63) is 0 Å². The number of aliphatic imine (C=N–C) groups is 2. The lowest BCUT2D eigenvalue weighted by Crippen LogP contribution is -2.24. The molecular formula is C20H38N4O8S10. The van der Waals surface area contributed by atoms with E-state index in [-0.39, 0.29) is 23.1 Å². The Labute approximate surface area is 288 Å². The molecule has 0 aromatic heterocycles. The second-order valence-electron chi connectivity index (χ2n) is 6.52. The lowest BCUT2D eigenvalue weighted by molar-refractivity contribution is -0.196. The number of nitrogens with zero attached hydrogens (tertiary/aromatic N) is 2. The highest BCUT2D eigenvalue weighted by Gasteiger charge is 2.02. The third-order valence-corrected chi connectivity index (χ3v) is 13.1. The molecule has 0 fully saturated rings. The van der Waals surface area contributed by atoms with E-state index in [0.717, 1.165) is 46.3 Å². The van der Waals surface area contributed by atoms with E-state index >= 15 is 0 Å². The van der Waals surface area contributed by atoms with Crippen molar-refractivity contribution in [2.45, 2.75) is 0 Å². The van der Waals surface area contributed by atoms with Crippen LogP contribution in [0.25, 0.3) is 0 Å². The topological polar surface area (TPSA) is 168 Å². The van der Waals surface area contributed by atoms with Crippen LogP contribution in [0, 0.1) is 0 Å². The van der Waals surface area contributed by atoms with E-state index in [1.807, 2.05) is 0 Å². The first-order valence-corrected chi connectivity index (χ1v) is 23.5. The molecule has 0 saturated carbocycles. The van der Waals surface area contributed by atoms with Crippen molar-refractivity contribution >= 4 is 140 Å². The van der Waals surface area contributed by atoms with Gasteiger partial charge in [0.25, 0.3) is 5.24 Å². The van der Waals surface area contributed by atoms with Crippen molar-refractivity contribution in [1.82, 2.24) is 10.6 Å². The van der Waals surface area contributed by atoms with Gasteiger partial charge in [-0.3, -0.25) is 14.0 Å². The lowest BCUT2D eigenvalue weighted by atomic mass is 11.0. The molecule has 0 saturated heterocycles. The summed E-state index contributed by atoms with van der Waals surface area (Å²) in [6.45, 7) is 0. The smallest absolute Gasteiger partial charge is 0.408 e. The minimum atomic E-state index is -1.15. The number of aliphatic hydroxyl groups excluding tert-OH is 2. The molecule has 1 atom stereocenters. The van der Waals surface area contributed by atoms with Crippen molar-refractivity contribution < 1.29 is 38.5 Å². The monoisotopic (exact) mass is 782 g/mol. The number of carbonyl (C=O) groups excluding carboxylic acids is 2. The number of nitrogens with one attached hydrogen (secondary N) is 2. The number of carbonyl (C=O) groups is 2. The van der Waals surface area contributed by atoms with Gasteiger partial charge in [0.15, 0.2) is 0 Å². The molecule has 1 unspecified atom stereocenters. The lowest BCUT2D eigenvalue weighted by Gasteiger charge is -2.06. The van der Waals surface area contributed by atoms with E-state index in [4.69, 9.17) is 24.7 Å². The van der Waals surface area contributed by atoms with Crippen molar-refractivity contribution in [2.75, 3.05) is 91.9 Å². The highest BCUT2D eigenvalue weighted by molar-refractivity contribution is 8.23. The zero-order chi connectivity index (χ0) is 30.8. The Bertz CT molecular complexity index is 734. The molecule has 0 rings (SSSR count). The standard InChI is InChI=1S/C20H38N4O8S10/c25-13-39-17-41-20(28)24-11-36-4-1-33-8-21-7-31-32-16-38-6-5-37-15-30-19(27)23-10-35-3-2-34-9-22-12-42(29)18-40-14-26/h7,12,25-26H,1-6,8-11,13-18H2,(H,23,27)(H,24,28). The second kappa shape index (κ2) is 36.5. The molecule has 4 N–H and O–H groups in total. The number of amides is 2. The fourth-order valence-electron chi connectivity index (χ4n) is 1.82. The predicted molar refractivity (Wildman–Crippen MR) is 196 cm³/mol. The molecule has 2 amide bonds. The first-order chi connectivity index (χ1) is 20.6. The summed E-state index contributed by atoms with van der Waals surface area (Å²) in [5.41, 5.74) is 1.41. The van der Waals surface area contributed by atoms with Crippen molar-refractivity contribution in [1.29, 1.82) is 0 Å². The van der Waals surface area contributed by atoms with E-state index < -0.39 is 16.9 Å². The predicted octanol–water partition coefficient (Wildman–Crippen LogP) is 4.33. The van der Waals surface area contributed by atoms with Gasteiger partial charge in [-0.15, -0.1) is 94.1 Å². The maximum absolute atomic E-state index is 11.7. The fraction of sp³-hybridized carbons (Fsp3) is 0.800. The molecule has 0 spiro atoms. The van der Waals surface area contributed by atoms with Crippen LogP contribution in [0.3, 0.4) is 0 Å². The summed E-state index contributed by atoms with van der Waals surface area (Å²) >= 11 is 13.2. The Balaban J connectivity index is 3.30. The van der Waals surface area contributed by atoms with Gasteiger partial charge in [0.1, 0.15) is 11.9 Å². The van der Waals surface area contributed by atoms with Gasteiger partial charge in [-0.25, -0.2) is 9.79 Å². The number of alkyl carbamates (subject to hydrolysis) is 1. The van der Waals surface area contributed by atoms with E-state index in [0.29, 0.717) is 39.6 Å². The number of hydrogen-bond acceptors (Lipinski definition) is 19. The number of rotatable bonds is 30. The van der Waals surface area contributed by atoms with Gasteiger partial charge >= 0.3 is 6.09 Å². The van der Waals surface area contributed by atoms with Gasteiger partial charge in [0.05, 0.1) is 61.9 Å². The summed E-state index contributed by atoms with van der Waals surface area (Å²) in [4.78, 5) is 41.2. The molecule has 12 nitrogen and oxygen atoms in total. The zero-order valence-corrected chi connectivity index (χ0v) is 31.0. The molecule has 42 heavy (non-hydrogen) atoms. The van der Waals surface area contributed by atoms with Crippen LogP contribution in [-0.4, -0.2) is 130 Å². The third-order valence-electron chi connectivity index (χ3n) is 3.52. The summed E-state index contributed by atoms with van der Waals surface area (Å²) < 4.78 is 16.6. The van der Waals surface area contributed by atoms with Crippen molar-refractivity contribution in [3.63, 3.8) is 0 Å². The number of thioether (sulfide) groups is 9. The Morgan fingerprint density at radius 3 is 2.10 bits per heavy atom. The van der Waals surface area contributed by atoms with Crippen LogP contribution in [0.1, 0.15) is 0 Å². The van der Waals surface area contributed by atoms with Crippen LogP contribution in [0.15, 0.2) is 9.98 Å². The molecule has 0 aliphatic heterocycles. The minimum Gasteiger partial charge on any atom is -0.438 e. The van der Waals surface area contributed by atoms with Gasteiger partial charge in [0, 0.05) is 34.5 Å². The average molecular weight is 783 g/mol. The molecule has 0 radical (unpaired) electrons. The van der Waals surface area contributed by atoms with Gasteiger partial charge < -0.3 is 30.5 Å². The summed E-state index contributed by atoms with van der Waals surface area (Å²) in [5.74, 6) is 7.89. The molecule has 22 heteroatoms. The average Bonchev–Trinajstić information content (AvgIpc) is 2.98. The van der Waals surface area contributed by atoms with E-state index in [1.165, 1.54) is 47.2 Å². The fourth-order valence-corrected chi connectivity index (χ4v) is 9.40. The van der Waals surface area contributed by atoms with Crippen molar-refractivity contribution in [2.24, 2.45) is 9.98 Å². The summed E-state index contributed by atoms with van der Waals surface area (Å²) in [5, 5.41) is 23.6. The van der Waals surface area contributed by atoms with Crippen LogP contribution in [-0.2, 0) is 25.3 Å². The first kappa shape index (κ1) is 43.1. The first-order valence-electron chi connectivity index (χ1n) is 11.9. The van der Waals surface area contributed by atoms with Crippen LogP contribution < -0.4 is 10.6 Å². The molecule has 0 heterocycles. The highest BCUT2D eigenvalue weighted by Crippen LogP contribution is 2.12. The number of aliphatic hydroxyl groups is 2. The largest absolute Gasteiger partial charge is 0.438 e. The number of hydrogen-bond donors (Lipinski definition) is 4. The second-order valence-corrected chi connectivity index (χ2v) is 17.8. The van der Waals surface area contributed by atoms with Gasteiger partial charge in [-0.1, -0.05) is 11.8 Å². The molecule has 0 aromatic rings. The molecule has 0 aliphatic rings. The molecular weight excluding hydrogens is 745 g/mol. The summed E-state index contributed by atoms with van der Waals surface area (Å²) in [6.07, 6.45) is 0.840. The Kier molecular flexibility index (Phi) is 37.4. The quantitative estimate of drug-likeness (QED) is 0.0203. The van der Waals surface area contributed by atoms with Crippen LogP contribution in [0.5, 0.6) is 0 Å². The Morgan fingerprint density at radius 2 is 1.38 bits per heavy atom. The highest BCUT2D eigenvalue weighted by atomic mass is 32.2. The molecule has 0 aliphatic carbocycles. The normalized spacial score (nSPS) is 12.1. The van der Waals surface area contributed by atoms with E-state index in [2.05, 4.69) is 20.6 Å². The molecule has 0 bridgehead atoms. The molecule has 246 valence electrons. The Morgan fingerprint density at radius 1 is 0.762 bits per heavy atom. The van der Waals surface area contributed by atoms with E-state index in [9.17, 15) is 13.8 Å². The van der Waals surface area contributed by atoms with Gasteiger partial charge in [-0.05, 0) is 0 Å².